The summed E-state index contributed by atoms with van der Waals surface area (Å²) in [6, 6.07) is 9.90. The van der Waals surface area contributed by atoms with E-state index >= 15 is 0 Å². The van der Waals surface area contributed by atoms with Crippen LogP contribution in [0.2, 0.25) is 4.34 Å². The number of thiophene rings is 1. The molecule has 1 nitrogen and oxygen atoms in total. The fraction of sp³-hybridized carbons (Fsp3) is 0.231. The van der Waals surface area contributed by atoms with E-state index in [0.717, 1.165) is 20.3 Å². The average molecular weight is 285 g/mol. The van der Waals surface area contributed by atoms with Crippen molar-refractivity contribution in [2.75, 3.05) is 6.26 Å². The van der Waals surface area contributed by atoms with Crippen LogP contribution in [-0.2, 0) is 0 Å². The lowest BCUT2D eigenvalue weighted by molar-refractivity contribution is 0.224. The first-order valence-corrected chi connectivity index (χ1v) is 7.61. The molecule has 1 unspecified atom stereocenters. The molecule has 0 aliphatic heterocycles. The quantitative estimate of drug-likeness (QED) is 0.837. The molecule has 0 spiro atoms. The molecule has 0 bridgehead atoms. The minimum Gasteiger partial charge on any atom is -0.383 e. The molecule has 2 rings (SSSR count). The van der Waals surface area contributed by atoms with Gasteiger partial charge in [0.2, 0.25) is 0 Å². The van der Waals surface area contributed by atoms with Gasteiger partial charge in [-0.2, -0.15) is 0 Å². The number of halogens is 1. The predicted octanol–water partition coefficient (Wildman–Crippen LogP) is 4.51. The Morgan fingerprint density at radius 3 is 2.41 bits per heavy atom. The van der Waals surface area contributed by atoms with Crippen LogP contribution in [0.4, 0.5) is 0 Å². The molecule has 0 aliphatic rings. The van der Waals surface area contributed by atoms with Crippen LogP contribution < -0.4 is 0 Å². The molecule has 0 amide bonds. The predicted molar refractivity (Wildman–Crippen MR) is 76.4 cm³/mol. The number of hydrogen-bond donors (Lipinski definition) is 1. The minimum absolute atomic E-state index is 0.581. The highest BCUT2D eigenvalue weighted by molar-refractivity contribution is 7.98. The molecule has 1 N–H and O–H groups in total. The molecule has 1 aromatic carbocycles. The van der Waals surface area contributed by atoms with Gasteiger partial charge in [-0.15, -0.1) is 23.1 Å². The molecule has 1 atom stereocenters. The van der Waals surface area contributed by atoms with E-state index in [2.05, 4.69) is 0 Å². The van der Waals surface area contributed by atoms with Crippen molar-refractivity contribution >= 4 is 34.7 Å². The molecule has 0 fully saturated rings. The van der Waals surface area contributed by atoms with E-state index in [-0.39, 0.29) is 0 Å². The molecule has 0 aliphatic carbocycles. The van der Waals surface area contributed by atoms with Crippen LogP contribution in [0, 0.1) is 6.92 Å². The standard InChI is InChI=1S/C13H13ClOS2/c1-8-7-11(17-13(8)14)12(15)9-3-5-10(16-2)6-4-9/h3-7,12,15H,1-2H3. The number of aliphatic hydroxyl groups excluding tert-OH is 1. The topological polar surface area (TPSA) is 20.2 Å². The molecule has 0 radical (unpaired) electrons. The van der Waals surface area contributed by atoms with Crippen molar-refractivity contribution in [3.63, 3.8) is 0 Å². The Hall–Kier alpha value is -0.480. The number of rotatable bonds is 3. The van der Waals surface area contributed by atoms with Crippen molar-refractivity contribution in [1.82, 2.24) is 0 Å². The van der Waals surface area contributed by atoms with Gasteiger partial charge in [0.15, 0.2) is 0 Å². The highest BCUT2D eigenvalue weighted by Crippen LogP contribution is 2.34. The van der Waals surface area contributed by atoms with Crippen LogP contribution in [0.25, 0.3) is 0 Å². The average Bonchev–Trinajstić information content (AvgIpc) is 2.69. The first kappa shape index (κ1) is 13.0. The number of thioether (sulfide) groups is 1. The van der Waals surface area contributed by atoms with E-state index in [9.17, 15) is 5.11 Å². The third kappa shape index (κ3) is 2.86. The summed E-state index contributed by atoms with van der Waals surface area (Å²) in [5, 5.41) is 10.2. The smallest absolute Gasteiger partial charge is 0.113 e. The van der Waals surface area contributed by atoms with Crippen LogP contribution in [0.3, 0.4) is 0 Å². The van der Waals surface area contributed by atoms with Gasteiger partial charge in [0.25, 0.3) is 0 Å². The van der Waals surface area contributed by atoms with Crippen molar-refractivity contribution in [3.8, 4) is 0 Å². The zero-order chi connectivity index (χ0) is 12.4. The Morgan fingerprint density at radius 2 is 1.94 bits per heavy atom. The second-order valence-electron chi connectivity index (χ2n) is 3.78. The van der Waals surface area contributed by atoms with Crippen molar-refractivity contribution in [1.29, 1.82) is 0 Å². The van der Waals surface area contributed by atoms with Gasteiger partial charge in [-0.3, -0.25) is 0 Å². The maximum Gasteiger partial charge on any atom is 0.113 e. The first-order valence-electron chi connectivity index (χ1n) is 5.19. The highest BCUT2D eigenvalue weighted by atomic mass is 35.5. The van der Waals surface area contributed by atoms with Gasteiger partial charge < -0.3 is 5.11 Å². The largest absolute Gasteiger partial charge is 0.383 e. The van der Waals surface area contributed by atoms with E-state index in [1.165, 1.54) is 16.2 Å². The summed E-state index contributed by atoms with van der Waals surface area (Å²) in [5.74, 6) is 0. The van der Waals surface area contributed by atoms with Crippen molar-refractivity contribution in [2.24, 2.45) is 0 Å². The summed E-state index contributed by atoms with van der Waals surface area (Å²) in [5.41, 5.74) is 1.92. The summed E-state index contributed by atoms with van der Waals surface area (Å²) >= 11 is 9.14. The van der Waals surface area contributed by atoms with E-state index < -0.39 is 6.10 Å². The normalized spacial score (nSPS) is 12.7. The fourth-order valence-electron chi connectivity index (χ4n) is 1.57. The lowest BCUT2D eigenvalue weighted by Crippen LogP contribution is -1.96. The van der Waals surface area contributed by atoms with Crippen LogP contribution in [0.1, 0.15) is 22.1 Å². The van der Waals surface area contributed by atoms with Gasteiger partial charge in [-0.05, 0) is 42.5 Å². The summed E-state index contributed by atoms with van der Waals surface area (Å²) in [7, 11) is 0. The zero-order valence-electron chi connectivity index (χ0n) is 9.61. The Labute approximate surface area is 114 Å². The maximum absolute atomic E-state index is 10.2. The molecule has 1 heterocycles. The van der Waals surface area contributed by atoms with Gasteiger partial charge in [0.05, 0.1) is 4.34 Å². The van der Waals surface area contributed by atoms with E-state index in [0.29, 0.717) is 0 Å². The second kappa shape index (κ2) is 5.44. The number of aryl methyl sites for hydroxylation is 1. The van der Waals surface area contributed by atoms with Gasteiger partial charge in [-0.1, -0.05) is 23.7 Å². The van der Waals surface area contributed by atoms with Crippen LogP contribution in [0.5, 0.6) is 0 Å². The fourth-order valence-corrected chi connectivity index (χ4v) is 3.21. The Morgan fingerprint density at radius 1 is 1.29 bits per heavy atom. The SMILES string of the molecule is CSc1ccc(C(O)c2cc(C)c(Cl)s2)cc1. The maximum atomic E-state index is 10.2. The third-order valence-electron chi connectivity index (χ3n) is 2.58. The number of benzene rings is 1. The highest BCUT2D eigenvalue weighted by Gasteiger charge is 2.14. The minimum atomic E-state index is -0.581. The van der Waals surface area contributed by atoms with Crippen molar-refractivity contribution in [2.45, 2.75) is 17.9 Å². The number of aliphatic hydroxyl groups is 1. The van der Waals surface area contributed by atoms with Crippen LogP contribution >= 0.6 is 34.7 Å². The van der Waals surface area contributed by atoms with Gasteiger partial charge in [0.1, 0.15) is 6.10 Å². The van der Waals surface area contributed by atoms with E-state index in [1.54, 1.807) is 11.8 Å². The molecular weight excluding hydrogens is 272 g/mol. The van der Waals surface area contributed by atoms with E-state index in [1.807, 2.05) is 43.5 Å². The molecule has 0 saturated heterocycles. The van der Waals surface area contributed by atoms with Gasteiger partial charge in [0, 0.05) is 9.77 Å². The summed E-state index contributed by atoms with van der Waals surface area (Å²) in [6.07, 6.45) is 1.45. The first-order chi connectivity index (χ1) is 8.11. The lowest BCUT2D eigenvalue weighted by atomic mass is 10.1. The Kier molecular flexibility index (Phi) is 4.15. The summed E-state index contributed by atoms with van der Waals surface area (Å²) in [4.78, 5) is 2.09. The van der Waals surface area contributed by atoms with Gasteiger partial charge >= 0.3 is 0 Å². The second-order valence-corrected chi connectivity index (χ2v) is 6.35. The summed E-state index contributed by atoms with van der Waals surface area (Å²) in [6.45, 7) is 1.95. The van der Waals surface area contributed by atoms with Crippen molar-refractivity contribution < 1.29 is 5.11 Å². The molecular formula is C13H13ClOS2. The molecule has 90 valence electrons. The molecule has 17 heavy (non-hydrogen) atoms. The molecule has 1 aromatic heterocycles. The Balaban J connectivity index is 2.26. The van der Waals surface area contributed by atoms with Crippen LogP contribution in [-0.4, -0.2) is 11.4 Å². The van der Waals surface area contributed by atoms with Gasteiger partial charge in [-0.25, -0.2) is 0 Å². The zero-order valence-corrected chi connectivity index (χ0v) is 12.0. The molecule has 0 saturated carbocycles. The monoisotopic (exact) mass is 284 g/mol. The third-order valence-corrected chi connectivity index (χ3v) is 4.93. The van der Waals surface area contributed by atoms with Crippen molar-refractivity contribution in [3.05, 3.63) is 50.7 Å². The van der Waals surface area contributed by atoms with Crippen LogP contribution in [0.15, 0.2) is 35.2 Å². The number of hydrogen-bond acceptors (Lipinski definition) is 3. The summed E-state index contributed by atoms with van der Waals surface area (Å²) < 4.78 is 0.750. The molecule has 4 heteroatoms. The van der Waals surface area contributed by atoms with E-state index in [4.69, 9.17) is 11.6 Å². The molecule has 2 aromatic rings. The Bertz CT molecular complexity index is 485. The lowest BCUT2D eigenvalue weighted by Gasteiger charge is -2.09.